The summed E-state index contributed by atoms with van der Waals surface area (Å²) < 4.78 is 15.5. The summed E-state index contributed by atoms with van der Waals surface area (Å²) in [6, 6.07) is 9.13. The van der Waals surface area contributed by atoms with Crippen molar-refractivity contribution in [3.8, 4) is 0 Å². The molecule has 4 rings (SSSR count). The number of nitro groups is 1. The Bertz CT molecular complexity index is 1140. The zero-order valence-corrected chi connectivity index (χ0v) is 16.6. The summed E-state index contributed by atoms with van der Waals surface area (Å²) in [6.45, 7) is -0.116. The van der Waals surface area contributed by atoms with E-state index in [4.69, 9.17) is 17.3 Å². The SMILES string of the molecule is N[C@H]1C[C@H](c2nn(CC(=O)NCc3cccc(Cl)c3F)c3ccc([N+](=O)[O-])cc32)C1. The number of aromatic nitrogens is 2. The van der Waals surface area contributed by atoms with Crippen LogP contribution in [0, 0.1) is 15.9 Å². The fourth-order valence-electron chi connectivity index (χ4n) is 3.68. The first kappa shape index (κ1) is 20.2. The number of nitro benzene ring substituents is 1. The van der Waals surface area contributed by atoms with Crippen molar-refractivity contribution in [2.75, 3.05) is 0 Å². The number of non-ortho nitro benzene ring substituents is 1. The van der Waals surface area contributed by atoms with E-state index in [1.54, 1.807) is 18.2 Å². The molecular formula is C20H19ClFN5O3. The summed E-state index contributed by atoms with van der Waals surface area (Å²) >= 11 is 5.76. The number of carbonyl (C=O) groups excluding carboxylic acids is 1. The van der Waals surface area contributed by atoms with E-state index in [-0.39, 0.29) is 47.2 Å². The Labute approximate surface area is 175 Å². The standard InChI is InChI=1S/C20H19ClFN5O3/c21-16-3-1-2-11(19(16)22)9-24-18(28)10-26-17-5-4-14(27(29)30)8-15(17)20(25-26)12-6-13(23)7-12/h1-5,8,12-13H,6-7,9-10,23H2,(H,24,28)/t12-,13-. The number of fused-ring (bicyclic) bond motifs is 1. The molecule has 1 aliphatic rings. The van der Waals surface area contributed by atoms with Gasteiger partial charge in [-0.3, -0.25) is 19.6 Å². The van der Waals surface area contributed by atoms with Crippen molar-refractivity contribution in [2.45, 2.75) is 37.9 Å². The van der Waals surface area contributed by atoms with E-state index in [1.165, 1.54) is 22.9 Å². The van der Waals surface area contributed by atoms with Crippen LogP contribution in [0.4, 0.5) is 10.1 Å². The van der Waals surface area contributed by atoms with Gasteiger partial charge >= 0.3 is 0 Å². The van der Waals surface area contributed by atoms with E-state index in [2.05, 4.69) is 10.4 Å². The summed E-state index contributed by atoms with van der Waals surface area (Å²) in [7, 11) is 0. The highest BCUT2D eigenvalue weighted by Gasteiger charge is 2.32. The molecule has 1 aliphatic carbocycles. The normalized spacial score (nSPS) is 18.2. The Morgan fingerprint density at radius 3 is 2.83 bits per heavy atom. The van der Waals surface area contributed by atoms with E-state index >= 15 is 0 Å². The number of hydrogen-bond donors (Lipinski definition) is 2. The molecule has 0 radical (unpaired) electrons. The van der Waals surface area contributed by atoms with Gasteiger partial charge in [-0.2, -0.15) is 5.10 Å². The zero-order chi connectivity index (χ0) is 21.4. The Morgan fingerprint density at radius 2 is 2.13 bits per heavy atom. The van der Waals surface area contributed by atoms with E-state index < -0.39 is 10.7 Å². The van der Waals surface area contributed by atoms with Gasteiger partial charge in [-0.1, -0.05) is 23.7 Å². The average Bonchev–Trinajstić information content (AvgIpc) is 3.04. The lowest BCUT2D eigenvalue weighted by Crippen LogP contribution is -2.35. The molecular weight excluding hydrogens is 413 g/mol. The number of carbonyl (C=O) groups is 1. The van der Waals surface area contributed by atoms with Gasteiger partial charge < -0.3 is 11.1 Å². The maximum atomic E-state index is 14.0. The lowest BCUT2D eigenvalue weighted by Gasteiger charge is -2.31. The van der Waals surface area contributed by atoms with Gasteiger partial charge in [0.05, 0.1) is 21.2 Å². The molecule has 3 N–H and O–H groups in total. The number of benzene rings is 2. The minimum atomic E-state index is -0.570. The fourth-order valence-corrected chi connectivity index (χ4v) is 3.88. The maximum Gasteiger partial charge on any atom is 0.270 e. The lowest BCUT2D eigenvalue weighted by molar-refractivity contribution is -0.384. The molecule has 30 heavy (non-hydrogen) atoms. The molecule has 2 aromatic carbocycles. The molecule has 3 aromatic rings. The summed E-state index contributed by atoms with van der Waals surface area (Å²) in [5.74, 6) is -0.830. The zero-order valence-electron chi connectivity index (χ0n) is 15.8. The predicted octanol–water partition coefficient (Wildman–Crippen LogP) is 3.26. The summed E-state index contributed by atoms with van der Waals surface area (Å²) in [5.41, 5.74) is 7.47. The van der Waals surface area contributed by atoms with Gasteiger partial charge in [0, 0.05) is 41.6 Å². The molecule has 1 amide bonds. The van der Waals surface area contributed by atoms with E-state index in [0.717, 1.165) is 12.8 Å². The summed E-state index contributed by atoms with van der Waals surface area (Å²) in [5, 5.41) is 19.0. The van der Waals surface area contributed by atoms with Gasteiger partial charge in [0.1, 0.15) is 12.4 Å². The number of nitrogens with zero attached hydrogens (tertiary/aromatic N) is 3. The van der Waals surface area contributed by atoms with Crippen LogP contribution < -0.4 is 11.1 Å². The molecule has 0 unspecified atom stereocenters. The minimum absolute atomic E-state index is 0.00948. The highest BCUT2D eigenvalue weighted by Crippen LogP contribution is 2.39. The lowest BCUT2D eigenvalue weighted by atomic mass is 9.78. The van der Waals surface area contributed by atoms with Gasteiger partial charge in [-0.05, 0) is 25.0 Å². The van der Waals surface area contributed by atoms with Crippen LogP contribution in [-0.2, 0) is 17.9 Å². The number of halogens is 2. The highest BCUT2D eigenvalue weighted by molar-refractivity contribution is 6.30. The summed E-state index contributed by atoms with van der Waals surface area (Å²) in [4.78, 5) is 23.2. The number of amides is 1. The largest absolute Gasteiger partial charge is 0.350 e. The van der Waals surface area contributed by atoms with E-state index in [0.29, 0.717) is 16.6 Å². The van der Waals surface area contributed by atoms with Crippen molar-refractivity contribution in [1.82, 2.24) is 15.1 Å². The Hall–Kier alpha value is -3.04. The van der Waals surface area contributed by atoms with Gasteiger partial charge in [-0.25, -0.2) is 4.39 Å². The van der Waals surface area contributed by atoms with Crippen LogP contribution in [0.1, 0.15) is 30.0 Å². The van der Waals surface area contributed by atoms with Gasteiger partial charge in [-0.15, -0.1) is 0 Å². The van der Waals surface area contributed by atoms with E-state index in [1.807, 2.05) is 0 Å². The third-order valence-corrected chi connectivity index (χ3v) is 5.63. The first-order valence-corrected chi connectivity index (χ1v) is 9.81. The van der Waals surface area contributed by atoms with Crippen LogP contribution in [0.15, 0.2) is 36.4 Å². The van der Waals surface area contributed by atoms with Crippen molar-refractivity contribution in [1.29, 1.82) is 0 Å². The van der Waals surface area contributed by atoms with Crippen molar-refractivity contribution in [3.05, 3.63) is 68.6 Å². The third-order valence-electron chi connectivity index (χ3n) is 5.34. The minimum Gasteiger partial charge on any atom is -0.350 e. The van der Waals surface area contributed by atoms with Crippen LogP contribution in [0.5, 0.6) is 0 Å². The molecule has 1 heterocycles. The molecule has 1 fully saturated rings. The van der Waals surface area contributed by atoms with Gasteiger partial charge in [0.2, 0.25) is 5.91 Å². The molecule has 0 atom stereocenters. The predicted molar refractivity (Wildman–Crippen MR) is 110 cm³/mol. The Kier molecular flexibility index (Phi) is 5.40. The highest BCUT2D eigenvalue weighted by atomic mass is 35.5. The second-order valence-corrected chi connectivity index (χ2v) is 7.83. The third kappa shape index (κ3) is 3.86. The van der Waals surface area contributed by atoms with Crippen LogP contribution >= 0.6 is 11.6 Å². The van der Waals surface area contributed by atoms with Crippen LogP contribution in [0.25, 0.3) is 10.9 Å². The van der Waals surface area contributed by atoms with E-state index in [9.17, 15) is 19.3 Å². The quantitative estimate of drug-likeness (QED) is 0.459. The van der Waals surface area contributed by atoms with Crippen molar-refractivity contribution >= 4 is 34.1 Å². The smallest absolute Gasteiger partial charge is 0.270 e. The van der Waals surface area contributed by atoms with Gasteiger partial charge in [0.25, 0.3) is 5.69 Å². The Balaban J connectivity index is 1.56. The van der Waals surface area contributed by atoms with Crippen molar-refractivity contribution < 1.29 is 14.1 Å². The first-order valence-electron chi connectivity index (χ1n) is 9.43. The first-order chi connectivity index (χ1) is 14.3. The summed E-state index contributed by atoms with van der Waals surface area (Å²) in [6.07, 6.45) is 1.49. The topological polar surface area (TPSA) is 116 Å². The molecule has 10 heteroatoms. The monoisotopic (exact) mass is 431 g/mol. The fraction of sp³-hybridized carbons (Fsp3) is 0.300. The molecule has 0 saturated heterocycles. The molecule has 0 bridgehead atoms. The second-order valence-electron chi connectivity index (χ2n) is 7.42. The molecule has 0 aliphatic heterocycles. The number of hydrogen-bond acceptors (Lipinski definition) is 5. The van der Waals surface area contributed by atoms with Crippen molar-refractivity contribution in [3.63, 3.8) is 0 Å². The van der Waals surface area contributed by atoms with Gasteiger partial charge in [0.15, 0.2) is 0 Å². The molecule has 1 saturated carbocycles. The molecule has 8 nitrogen and oxygen atoms in total. The number of nitrogens with two attached hydrogens (primary N) is 1. The molecule has 1 aromatic heterocycles. The Morgan fingerprint density at radius 1 is 1.37 bits per heavy atom. The van der Waals surface area contributed by atoms with Crippen molar-refractivity contribution in [2.24, 2.45) is 5.73 Å². The number of rotatable bonds is 6. The number of nitrogens with one attached hydrogen (secondary N) is 1. The van der Waals surface area contributed by atoms with Crippen LogP contribution in [-0.4, -0.2) is 26.7 Å². The second kappa shape index (κ2) is 8.00. The average molecular weight is 432 g/mol. The van der Waals surface area contributed by atoms with Crippen LogP contribution in [0.2, 0.25) is 5.02 Å². The molecule has 0 spiro atoms. The molecule has 156 valence electrons. The van der Waals surface area contributed by atoms with Crippen LogP contribution in [0.3, 0.4) is 0 Å². The maximum absolute atomic E-state index is 14.0.